The van der Waals surface area contributed by atoms with E-state index in [1.807, 2.05) is 32.0 Å². The van der Waals surface area contributed by atoms with Gasteiger partial charge in [-0.2, -0.15) is 0 Å². The zero-order chi connectivity index (χ0) is 17.5. The Labute approximate surface area is 143 Å². The summed E-state index contributed by atoms with van der Waals surface area (Å²) in [5, 5.41) is 5.15. The molecule has 0 aromatic heterocycles. The minimum absolute atomic E-state index is 0.126. The van der Waals surface area contributed by atoms with Crippen molar-refractivity contribution in [3.63, 3.8) is 0 Å². The highest BCUT2D eigenvalue weighted by molar-refractivity contribution is 5.85. The van der Waals surface area contributed by atoms with E-state index < -0.39 is 6.04 Å². The number of rotatable bonds is 7. The first-order valence-corrected chi connectivity index (χ1v) is 8.34. The molecule has 0 saturated heterocycles. The number of nitrogens with one attached hydrogen (secondary N) is 1. The molecule has 128 valence electrons. The molecular weight excluding hydrogens is 302 g/mol. The fraction of sp³-hybridized carbons (Fsp3) is 0.400. The van der Waals surface area contributed by atoms with E-state index >= 15 is 0 Å². The number of fused-ring (bicyclic) bond motifs is 1. The van der Waals surface area contributed by atoms with Gasteiger partial charge >= 0.3 is 5.97 Å². The van der Waals surface area contributed by atoms with Crippen molar-refractivity contribution < 1.29 is 14.3 Å². The fourth-order valence-electron chi connectivity index (χ4n) is 2.75. The molecule has 1 unspecified atom stereocenters. The molecule has 2 aromatic carbocycles. The van der Waals surface area contributed by atoms with Crippen LogP contribution in [0.3, 0.4) is 0 Å². The first-order chi connectivity index (χ1) is 11.5. The monoisotopic (exact) mass is 327 g/mol. The van der Waals surface area contributed by atoms with Crippen molar-refractivity contribution in [2.75, 3.05) is 7.11 Å². The Hall–Kier alpha value is -2.36. The van der Waals surface area contributed by atoms with E-state index in [4.69, 9.17) is 4.74 Å². The van der Waals surface area contributed by atoms with Crippen molar-refractivity contribution in [3.05, 3.63) is 48.0 Å². The van der Waals surface area contributed by atoms with Crippen LogP contribution in [-0.2, 0) is 20.7 Å². The van der Waals surface area contributed by atoms with Gasteiger partial charge in [-0.05, 0) is 35.1 Å². The molecule has 0 fully saturated rings. The lowest BCUT2D eigenvalue weighted by molar-refractivity contribution is -0.145. The maximum Gasteiger partial charge on any atom is 0.328 e. The van der Waals surface area contributed by atoms with Crippen molar-refractivity contribution in [1.82, 2.24) is 5.32 Å². The number of hydrogen-bond acceptors (Lipinski definition) is 3. The normalized spacial score (nSPS) is 12.2. The first-order valence-electron chi connectivity index (χ1n) is 8.34. The van der Waals surface area contributed by atoms with Crippen LogP contribution in [0.4, 0.5) is 0 Å². The molecule has 0 saturated carbocycles. The largest absolute Gasteiger partial charge is 0.467 e. The Morgan fingerprint density at radius 1 is 1.08 bits per heavy atom. The average Bonchev–Trinajstić information content (AvgIpc) is 2.58. The van der Waals surface area contributed by atoms with Crippen LogP contribution in [0.25, 0.3) is 10.8 Å². The topological polar surface area (TPSA) is 55.4 Å². The molecule has 4 heteroatoms. The first kappa shape index (κ1) is 18.0. The van der Waals surface area contributed by atoms with E-state index in [0.29, 0.717) is 25.2 Å². The second-order valence-corrected chi connectivity index (χ2v) is 6.45. The number of benzene rings is 2. The molecule has 0 bridgehead atoms. The highest BCUT2D eigenvalue weighted by Gasteiger charge is 2.22. The van der Waals surface area contributed by atoms with Gasteiger partial charge in [-0.3, -0.25) is 4.79 Å². The molecule has 1 atom stereocenters. The number of amides is 1. The van der Waals surface area contributed by atoms with Gasteiger partial charge in [-0.15, -0.1) is 0 Å². The zero-order valence-corrected chi connectivity index (χ0v) is 14.5. The lowest BCUT2D eigenvalue weighted by Crippen LogP contribution is -2.42. The highest BCUT2D eigenvalue weighted by atomic mass is 16.5. The van der Waals surface area contributed by atoms with Crippen LogP contribution in [0.15, 0.2) is 42.5 Å². The molecule has 1 amide bonds. The number of carbonyl (C=O) groups is 2. The van der Waals surface area contributed by atoms with Gasteiger partial charge in [-0.1, -0.05) is 56.3 Å². The third kappa shape index (κ3) is 5.08. The van der Waals surface area contributed by atoms with Crippen LogP contribution in [-0.4, -0.2) is 25.0 Å². The summed E-state index contributed by atoms with van der Waals surface area (Å²) in [5.41, 5.74) is 1.11. The Balaban J connectivity index is 1.94. The van der Waals surface area contributed by atoms with E-state index in [9.17, 15) is 9.59 Å². The van der Waals surface area contributed by atoms with E-state index in [0.717, 1.165) is 5.56 Å². The summed E-state index contributed by atoms with van der Waals surface area (Å²) in [6, 6.07) is 13.8. The van der Waals surface area contributed by atoms with Crippen molar-refractivity contribution in [1.29, 1.82) is 0 Å². The standard InChI is InChI=1S/C20H25NO3/c1-14(2)12-18(20(23)24-3)21-19(22)11-9-15-8-10-16-6-4-5-7-17(16)13-15/h4-8,10,13-14,18H,9,11-12H2,1-3H3,(H,21,22). The number of methoxy groups -OCH3 is 1. The van der Waals surface area contributed by atoms with Crippen LogP contribution < -0.4 is 5.32 Å². The Morgan fingerprint density at radius 2 is 1.79 bits per heavy atom. The zero-order valence-electron chi connectivity index (χ0n) is 14.5. The molecule has 2 aromatic rings. The summed E-state index contributed by atoms with van der Waals surface area (Å²) < 4.78 is 4.77. The molecule has 1 N–H and O–H groups in total. The second-order valence-electron chi connectivity index (χ2n) is 6.45. The molecule has 0 aliphatic carbocycles. The molecule has 2 rings (SSSR count). The summed E-state index contributed by atoms with van der Waals surface area (Å²) in [6.07, 6.45) is 1.57. The van der Waals surface area contributed by atoms with Gasteiger partial charge in [0.1, 0.15) is 6.04 Å². The van der Waals surface area contributed by atoms with Crippen molar-refractivity contribution in [2.45, 2.75) is 39.2 Å². The van der Waals surface area contributed by atoms with Crippen LogP contribution >= 0.6 is 0 Å². The van der Waals surface area contributed by atoms with Gasteiger partial charge in [0, 0.05) is 6.42 Å². The molecule has 0 aliphatic heterocycles. The molecular formula is C20H25NO3. The minimum Gasteiger partial charge on any atom is -0.467 e. The Bertz CT molecular complexity index is 709. The summed E-state index contributed by atoms with van der Waals surface area (Å²) in [4.78, 5) is 23.9. The molecule has 0 heterocycles. The fourth-order valence-corrected chi connectivity index (χ4v) is 2.75. The predicted molar refractivity (Wildman–Crippen MR) is 95.7 cm³/mol. The Kier molecular flexibility index (Phi) is 6.36. The van der Waals surface area contributed by atoms with Crippen LogP contribution in [0.5, 0.6) is 0 Å². The lowest BCUT2D eigenvalue weighted by atomic mass is 10.0. The maximum atomic E-state index is 12.2. The van der Waals surface area contributed by atoms with Crippen molar-refractivity contribution in [3.8, 4) is 0 Å². The summed E-state index contributed by atoms with van der Waals surface area (Å²) >= 11 is 0. The maximum absolute atomic E-state index is 12.2. The summed E-state index contributed by atoms with van der Waals surface area (Å²) in [5.74, 6) is -0.211. The number of ether oxygens (including phenoxy) is 1. The summed E-state index contributed by atoms with van der Waals surface area (Å²) in [7, 11) is 1.34. The van der Waals surface area contributed by atoms with Gasteiger partial charge < -0.3 is 10.1 Å². The van der Waals surface area contributed by atoms with E-state index in [2.05, 4.69) is 29.6 Å². The average molecular weight is 327 g/mol. The van der Waals surface area contributed by atoms with Gasteiger partial charge in [-0.25, -0.2) is 4.79 Å². The lowest BCUT2D eigenvalue weighted by Gasteiger charge is -2.18. The SMILES string of the molecule is COC(=O)C(CC(C)C)NC(=O)CCc1ccc2ccccc2c1. The molecule has 0 aliphatic rings. The number of esters is 1. The number of carbonyl (C=O) groups excluding carboxylic acids is 2. The van der Waals surface area contributed by atoms with Crippen molar-refractivity contribution >= 4 is 22.6 Å². The van der Waals surface area contributed by atoms with E-state index in [-0.39, 0.29) is 11.9 Å². The van der Waals surface area contributed by atoms with Crippen molar-refractivity contribution in [2.24, 2.45) is 5.92 Å². The van der Waals surface area contributed by atoms with E-state index in [1.165, 1.54) is 17.9 Å². The molecule has 0 spiro atoms. The van der Waals surface area contributed by atoms with Gasteiger partial charge in [0.05, 0.1) is 7.11 Å². The predicted octanol–water partition coefficient (Wildman–Crippen LogP) is 3.48. The number of hydrogen-bond donors (Lipinski definition) is 1. The highest BCUT2D eigenvalue weighted by Crippen LogP contribution is 2.16. The van der Waals surface area contributed by atoms with Crippen LogP contribution in [0.1, 0.15) is 32.3 Å². The van der Waals surface area contributed by atoms with Gasteiger partial charge in [0.25, 0.3) is 0 Å². The van der Waals surface area contributed by atoms with Crippen LogP contribution in [0.2, 0.25) is 0 Å². The molecule has 24 heavy (non-hydrogen) atoms. The minimum atomic E-state index is -0.570. The van der Waals surface area contributed by atoms with Gasteiger partial charge in [0.2, 0.25) is 5.91 Å². The molecule has 4 nitrogen and oxygen atoms in total. The smallest absolute Gasteiger partial charge is 0.328 e. The van der Waals surface area contributed by atoms with Gasteiger partial charge in [0.15, 0.2) is 0 Å². The van der Waals surface area contributed by atoms with Crippen LogP contribution in [0, 0.1) is 5.92 Å². The third-order valence-corrected chi connectivity index (χ3v) is 3.98. The quantitative estimate of drug-likeness (QED) is 0.792. The third-order valence-electron chi connectivity index (χ3n) is 3.98. The Morgan fingerprint density at radius 3 is 2.46 bits per heavy atom. The van der Waals surface area contributed by atoms with E-state index in [1.54, 1.807) is 0 Å². The second kappa shape index (κ2) is 8.48. The molecule has 0 radical (unpaired) electrons. The number of aryl methyl sites for hydroxylation is 1. The summed E-state index contributed by atoms with van der Waals surface area (Å²) in [6.45, 7) is 4.02.